The molecule has 3 heterocycles. The molecular formula is C21H20FN5O4. The summed E-state index contributed by atoms with van der Waals surface area (Å²) < 4.78 is 19.2. The number of benzene rings is 1. The van der Waals surface area contributed by atoms with Crippen molar-refractivity contribution >= 4 is 17.6 Å². The topological polar surface area (TPSA) is 110 Å². The van der Waals surface area contributed by atoms with Gasteiger partial charge in [0.05, 0.1) is 5.69 Å². The molecule has 1 aliphatic heterocycles. The van der Waals surface area contributed by atoms with Gasteiger partial charge in [-0.1, -0.05) is 5.16 Å². The first-order valence-electron chi connectivity index (χ1n) is 9.80. The quantitative estimate of drug-likeness (QED) is 0.686. The van der Waals surface area contributed by atoms with E-state index < -0.39 is 11.4 Å². The average Bonchev–Trinajstić information content (AvgIpc) is 3.19. The highest BCUT2D eigenvalue weighted by Crippen LogP contribution is 2.21. The van der Waals surface area contributed by atoms with Gasteiger partial charge in [-0.3, -0.25) is 14.4 Å². The average molecular weight is 425 g/mol. The molecule has 4 rings (SSSR count). The molecule has 1 N–H and O–H groups in total. The smallest absolute Gasteiger partial charge is 0.274 e. The zero-order chi connectivity index (χ0) is 22.0. The second-order valence-corrected chi connectivity index (χ2v) is 7.32. The van der Waals surface area contributed by atoms with Crippen molar-refractivity contribution in [3.8, 4) is 5.69 Å². The van der Waals surface area contributed by atoms with Gasteiger partial charge in [0.15, 0.2) is 5.82 Å². The van der Waals surface area contributed by atoms with Gasteiger partial charge in [0.2, 0.25) is 5.91 Å². The van der Waals surface area contributed by atoms with Gasteiger partial charge >= 0.3 is 0 Å². The van der Waals surface area contributed by atoms with Gasteiger partial charge in [-0.25, -0.2) is 4.39 Å². The van der Waals surface area contributed by atoms with Crippen LogP contribution in [0.2, 0.25) is 0 Å². The van der Waals surface area contributed by atoms with Crippen LogP contribution in [0.4, 0.5) is 10.2 Å². The largest absolute Gasteiger partial charge is 0.360 e. The lowest BCUT2D eigenvalue weighted by atomic mass is 9.95. The van der Waals surface area contributed by atoms with E-state index in [9.17, 15) is 18.8 Å². The van der Waals surface area contributed by atoms with Crippen LogP contribution >= 0.6 is 0 Å². The molecule has 1 aliphatic rings. The van der Waals surface area contributed by atoms with Gasteiger partial charge in [0.1, 0.15) is 17.3 Å². The number of hydrogen-bond donors (Lipinski definition) is 1. The van der Waals surface area contributed by atoms with Crippen LogP contribution < -0.4 is 10.9 Å². The molecule has 1 saturated heterocycles. The number of carbonyl (C=O) groups excluding carboxylic acids is 2. The lowest BCUT2D eigenvalue weighted by molar-refractivity contribution is -0.121. The van der Waals surface area contributed by atoms with Gasteiger partial charge in [0.25, 0.3) is 11.5 Å². The van der Waals surface area contributed by atoms with Crippen LogP contribution in [0.1, 0.15) is 29.1 Å². The number of piperidine rings is 1. The minimum Gasteiger partial charge on any atom is -0.360 e. The molecular weight excluding hydrogens is 405 g/mol. The first kappa shape index (κ1) is 20.5. The van der Waals surface area contributed by atoms with E-state index in [1.165, 1.54) is 36.4 Å². The second kappa shape index (κ2) is 8.50. The number of nitrogens with one attached hydrogen (secondary N) is 1. The van der Waals surface area contributed by atoms with Crippen LogP contribution in [-0.2, 0) is 4.79 Å². The molecule has 160 valence electrons. The first-order chi connectivity index (χ1) is 14.9. The lowest BCUT2D eigenvalue weighted by Gasteiger charge is -2.31. The van der Waals surface area contributed by atoms with Crippen molar-refractivity contribution in [2.75, 3.05) is 18.4 Å². The third kappa shape index (κ3) is 4.52. The van der Waals surface area contributed by atoms with E-state index in [1.807, 2.05) is 0 Å². The molecule has 0 atom stereocenters. The Balaban J connectivity index is 1.41. The standard InChI is InChI=1S/C21H20FN5O4/c1-13-12-18(25-31-13)23-20(29)14-8-10-26(11-9-14)21(30)17-6-7-19(28)27(24-17)16-4-2-15(22)3-5-16/h2-7,12,14H,8-11H2,1H3,(H,23,25,29). The summed E-state index contributed by atoms with van der Waals surface area (Å²) in [5, 5.41) is 10.6. The van der Waals surface area contributed by atoms with Crippen LogP contribution in [0.25, 0.3) is 5.69 Å². The minimum absolute atomic E-state index is 0.102. The summed E-state index contributed by atoms with van der Waals surface area (Å²) in [5.41, 5.74) is 0.0334. The molecule has 3 aromatic rings. The third-order valence-corrected chi connectivity index (χ3v) is 5.12. The van der Waals surface area contributed by atoms with Gasteiger partial charge < -0.3 is 14.7 Å². The fraction of sp³-hybridized carbons (Fsp3) is 0.286. The highest BCUT2D eigenvalue weighted by atomic mass is 19.1. The number of hydrogen-bond acceptors (Lipinski definition) is 6. The molecule has 0 saturated carbocycles. The van der Waals surface area contributed by atoms with E-state index in [4.69, 9.17) is 4.52 Å². The van der Waals surface area contributed by atoms with Crippen molar-refractivity contribution in [3.63, 3.8) is 0 Å². The number of amides is 2. The number of anilines is 1. The van der Waals surface area contributed by atoms with Crippen LogP contribution in [0.5, 0.6) is 0 Å². The highest BCUT2D eigenvalue weighted by molar-refractivity contribution is 5.93. The van der Waals surface area contributed by atoms with Crippen molar-refractivity contribution in [1.82, 2.24) is 19.8 Å². The minimum atomic E-state index is -0.436. The summed E-state index contributed by atoms with van der Waals surface area (Å²) in [7, 11) is 0. The van der Waals surface area contributed by atoms with Gasteiger partial charge in [-0.05, 0) is 50.1 Å². The maximum Gasteiger partial charge on any atom is 0.274 e. The zero-order valence-electron chi connectivity index (χ0n) is 16.7. The Bertz CT molecular complexity index is 1160. The maximum absolute atomic E-state index is 13.2. The normalized spacial score (nSPS) is 14.5. The van der Waals surface area contributed by atoms with Crippen LogP contribution in [0, 0.1) is 18.7 Å². The van der Waals surface area contributed by atoms with E-state index >= 15 is 0 Å². The molecule has 10 heteroatoms. The molecule has 2 amide bonds. The summed E-state index contributed by atoms with van der Waals surface area (Å²) in [6.07, 6.45) is 0.984. The number of likely N-dealkylation sites (tertiary alicyclic amines) is 1. The molecule has 31 heavy (non-hydrogen) atoms. The van der Waals surface area contributed by atoms with Gasteiger partial charge in [-0.15, -0.1) is 0 Å². The Hall–Kier alpha value is -3.82. The molecule has 0 bridgehead atoms. The Morgan fingerprint density at radius 1 is 1.13 bits per heavy atom. The molecule has 0 radical (unpaired) electrons. The number of nitrogens with zero attached hydrogens (tertiary/aromatic N) is 4. The van der Waals surface area contributed by atoms with Crippen LogP contribution in [0.15, 0.2) is 51.8 Å². The molecule has 1 fully saturated rings. The molecule has 2 aromatic heterocycles. The van der Waals surface area contributed by atoms with E-state index in [0.717, 1.165) is 4.68 Å². The van der Waals surface area contributed by atoms with Crippen molar-refractivity contribution in [2.24, 2.45) is 5.92 Å². The number of carbonyl (C=O) groups is 2. The second-order valence-electron chi connectivity index (χ2n) is 7.32. The third-order valence-electron chi connectivity index (χ3n) is 5.12. The SMILES string of the molecule is Cc1cc(NC(=O)C2CCN(C(=O)c3ccc(=O)n(-c4ccc(F)cc4)n3)CC2)no1. The monoisotopic (exact) mass is 425 g/mol. The summed E-state index contributed by atoms with van der Waals surface area (Å²) in [6.45, 7) is 2.50. The Kier molecular flexibility index (Phi) is 5.61. The summed E-state index contributed by atoms with van der Waals surface area (Å²) in [5.74, 6) is -0.208. The molecule has 1 aromatic carbocycles. The summed E-state index contributed by atoms with van der Waals surface area (Å²) >= 11 is 0. The predicted molar refractivity (Wildman–Crippen MR) is 108 cm³/mol. The lowest BCUT2D eigenvalue weighted by Crippen LogP contribution is -2.42. The van der Waals surface area contributed by atoms with E-state index in [-0.39, 0.29) is 23.4 Å². The van der Waals surface area contributed by atoms with Crippen molar-refractivity contribution < 1.29 is 18.5 Å². The van der Waals surface area contributed by atoms with Crippen molar-refractivity contribution in [2.45, 2.75) is 19.8 Å². The number of aromatic nitrogens is 3. The van der Waals surface area contributed by atoms with Crippen molar-refractivity contribution in [3.05, 3.63) is 70.1 Å². The first-order valence-corrected chi connectivity index (χ1v) is 9.80. The number of halogens is 1. The zero-order valence-corrected chi connectivity index (χ0v) is 16.7. The predicted octanol–water partition coefficient (Wildman–Crippen LogP) is 2.16. The Morgan fingerprint density at radius 3 is 2.48 bits per heavy atom. The highest BCUT2D eigenvalue weighted by Gasteiger charge is 2.29. The molecule has 9 nitrogen and oxygen atoms in total. The van der Waals surface area contributed by atoms with Gasteiger partial charge in [-0.2, -0.15) is 9.78 Å². The summed E-state index contributed by atoms with van der Waals surface area (Å²) in [6, 6.07) is 9.53. The molecule has 0 spiro atoms. The van der Waals surface area contributed by atoms with Crippen LogP contribution in [-0.4, -0.2) is 44.7 Å². The van der Waals surface area contributed by atoms with Crippen LogP contribution in [0.3, 0.4) is 0 Å². The number of aryl methyl sites for hydroxylation is 1. The Morgan fingerprint density at radius 2 is 1.84 bits per heavy atom. The fourth-order valence-electron chi connectivity index (χ4n) is 3.45. The molecule has 0 unspecified atom stereocenters. The Labute approximate surface area is 176 Å². The molecule has 0 aliphatic carbocycles. The van der Waals surface area contributed by atoms with Crippen molar-refractivity contribution in [1.29, 1.82) is 0 Å². The summed E-state index contributed by atoms with van der Waals surface area (Å²) in [4.78, 5) is 39.1. The van der Waals surface area contributed by atoms with E-state index in [1.54, 1.807) is 17.9 Å². The van der Waals surface area contributed by atoms with E-state index in [2.05, 4.69) is 15.6 Å². The fourth-order valence-corrected chi connectivity index (χ4v) is 3.45. The number of rotatable bonds is 4. The van der Waals surface area contributed by atoms with E-state index in [0.29, 0.717) is 43.2 Å². The van der Waals surface area contributed by atoms with Gasteiger partial charge in [0, 0.05) is 31.1 Å². The maximum atomic E-state index is 13.2.